The number of rotatable bonds is 7. The summed E-state index contributed by atoms with van der Waals surface area (Å²) in [6.45, 7) is 3.24. The van der Waals surface area contributed by atoms with Gasteiger partial charge in [0.1, 0.15) is 11.5 Å². The van der Waals surface area contributed by atoms with Crippen molar-refractivity contribution < 1.29 is 14.3 Å². The van der Waals surface area contributed by atoms with Crippen molar-refractivity contribution in [3.05, 3.63) is 70.5 Å². The van der Waals surface area contributed by atoms with E-state index in [4.69, 9.17) is 9.47 Å². The molecule has 0 aliphatic heterocycles. The Morgan fingerprint density at radius 3 is 2.56 bits per heavy atom. The van der Waals surface area contributed by atoms with Gasteiger partial charge in [-0.05, 0) is 42.6 Å². The molecule has 128 valence electrons. The zero-order chi connectivity index (χ0) is 17.6. The Hall–Kier alpha value is -2.92. The molecule has 0 unspecified atom stereocenters. The highest BCUT2D eigenvalue weighted by Gasteiger charge is 2.10. The SMILES string of the molecule is CCOCCn1c(=O)c(C=O)cc2ccc(Oc3ccccc3)cc21. The van der Waals surface area contributed by atoms with Crippen LogP contribution in [0.1, 0.15) is 17.3 Å². The topological polar surface area (TPSA) is 57.5 Å². The van der Waals surface area contributed by atoms with Gasteiger partial charge in [0.25, 0.3) is 5.56 Å². The van der Waals surface area contributed by atoms with Crippen molar-refractivity contribution in [2.75, 3.05) is 13.2 Å². The fourth-order valence-corrected chi connectivity index (χ4v) is 2.67. The minimum atomic E-state index is -0.320. The minimum Gasteiger partial charge on any atom is -0.457 e. The van der Waals surface area contributed by atoms with E-state index in [0.29, 0.717) is 37.3 Å². The Morgan fingerprint density at radius 1 is 1.04 bits per heavy atom. The Bertz CT molecular complexity index is 932. The van der Waals surface area contributed by atoms with Crippen LogP contribution >= 0.6 is 0 Å². The van der Waals surface area contributed by atoms with Gasteiger partial charge in [-0.15, -0.1) is 0 Å². The summed E-state index contributed by atoms with van der Waals surface area (Å²) in [5, 5.41) is 0.804. The van der Waals surface area contributed by atoms with Crippen LogP contribution in [-0.2, 0) is 11.3 Å². The number of aldehydes is 1. The maximum Gasteiger partial charge on any atom is 0.261 e. The van der Waals surface area contributed by atoms with Crippen LogP contribution in [0.15, 0.2) is 59.4 Å². The molecule has 25 heavy (non-hydrogen) atoms. The van der Waals surface area contributed by atoms with Gasteiger partial charge in [0, 0.05) is 19.2 Å². The highest BCUT2D eigenvalue weighted by molar-refractivity contribution is 5.87. The third kappa shape index (κ3) is 3.78. The van der Waals surface area contributed by atoms with Gasteiger partial charge < -0.3 is 14.0 Å². The highest BCUT2D eigenvalue weighted by Crippen LogP contribution is 2.25. The standard InChI is InChI=1S/C20H19NO4/c1-2-24-11-10-21-19-13-18(25-17-6-4-3-5-7-17)9-8-15(19)12-16(14-22)20(21)23/h3-9,12-14H,2,10-11H2,1H3. The van der Waals surface area contributed by atoms with E-state index in [-0.39, 0.29) is 11.1 Å². The molecule has 0 saturated heterocycles. The van der Waals surface area contributed by atoms with E-state index < -0.39 is 0 Å². The minimum absolute atomic E-state index is 0.140. The molecule has 0 aliphatic rings. The molecule has 5 nitrogen and oxygen atoms in total. The predicted octanol–water partition coefficient (Wildman–Crippen LogP) is 3.64. The average Bonchev–Trinajstić information content (AvgIpc) is 2.64. The molecule has 3 aromatic rings. The number of carbonyl (C=O) groups excluding carboxylic acids is 1. The zero-order valence-corrected chi connectivity index (χ0v) is 14.0. The molecule has 5 heteroatoms. The normalized spacial score (nSPS) is 10.8. The molecule has 0 atom stereocenters. The zero-order valence-electron chi connectivity index (χ0n) is 14.0. The second kappa shape index (κ2) is 7.77. The van der Waals surface area contributed by atoms with Gasteiger partial charge in [-0.3, -0.25) is 9.59 Å². The number of nitrogens with zero attached hydrogens (tertiary/aromatic N) is 1. The van der Waals surface area contributed by atoms with Crippen molar-refractivity contribution in [3.63, 3.8) is 0 Å². The molecule has 0 aliphatic carbocycles. The Labute approximate surface area is 145 Å². The van der Waals surface area contributed by atoms with Crippen LogP contribution in [0.4, 0.5) is 0 Å². The summed E-state index contributed by atoms with van der Waals surface area (Å²) in [4.78, 5) is 23.7. The van der Waals surface area contributed by atoms with E-state index in [2.05, 4.69) is 0 Å². The number of pyridine rings is 1. The molecule has 1 heterocycles. The summed E-state index contributed by atoms with van der Waals surface area (Å²) < 4.78 is 12.8. The van der Waals surface area contributed by atoms with Gasteiger partial charge >= 0.3 is 0 Å². The largest absolute Gasteiger partial charge is 0.457 e. The smallest absolute Gasteiger partial charge is 0.261 e. The van der Waals surface area contributed by atoms with E-state index in [1.54, 1.807) is 10.6 Å². The molecule has 3 rings (SSSR count). The molecule has 2 aromatic carbocycles. The summed E-state index contributed by atoms with van der Waals surface area (Å²) in [5.74, 6) is 1.34. The summed E-state index contributed by atoms with van der Waals surface area (Å²) in [5.41, 5.74) is 0.531. The van der Waals surface area contributed by atoms with Crippen molar-refractivity contribution in [1.29, 1.82) is 0 Å². The van der Waals surface area contributed by atoms with E-state index in [1.807, 2.05) is 55.5 Å². The lowest BCUT2D eigenvalue weighted by atomic mass is 10.1. The molecule has 0 fully saturated rings. The summed E-state index contributed by atoms with van der Waals surface area (Å²) in [6, 6.07) is 16.5. The summed E-state index contributed by atoms with van der Waals surface area (Å²) in [6.07, 6.45) is 0.591. The second-order valence-corrected chi connectivity index (χ2v) is 5.51. The van der Waals surface area contributed by atoms with Crippen LogP contribution in [0, 0.1) is 0 Å². The summed E-state index contributed by atoms with van der Waals surface area (Å²) in [7, 11) is 0. The van der Waals surface area contributed by atoms with Crippen LogP contribution in [0.5, 0.6) is 11.5 Å². The first-order valence-corrected chi connectivity index (χ1v) is 8.16. The highest BCUT2D eigenvalue weighted by atomic mass is 16.5. The van der Waals surface area contributed by atoms with E-state index in [0.717, 1.165) is 11.1 Å². The van der Waals surface area contributed by atoms with E-state index in [9.17, 15) is 9.59 Å². The molecular formula is C20H19NO4. The molecule has 0 spiro atoms. The van der Waals surface area contributed by atoms with Crippen LogP contribution in [0.3, 0.4) is 0 Å². The van der Waals surface area contributed by atoms with Crippen molar-refractivity contribution >= 4 is 17.2 Å². The Kier molecular flexibility index (Phi) is 5.26. The number of ether oxygens (including phenoxy) is 2. The molecular weight excluding hydrogens is 318 g/mol. The van der Waals surface area contributed by atoms with E-state index in [1.165, 1.54) is 0 Å². The lowest BCUT2D eigenvalue weighted by Gasteiger charge is -2.13. The number of benzene rings is 2. The number of fused-ring (bicyclic) bond motifs is 1. The van der Waals surface area contributed by atoms with Crippen LogP contribution in [0.2, 0.25) is 0 Å². The number of aromatic nitrogens is 1. The molecule has 0 bridgehead atoms. The predicted molar refractivity (Wildman–Crippen MR) is 96.6 cm³/mol. The van der Waals surface area contributed by atoms with Crippen molar-refractivity contribution in [1.82, 2.24) is 4.57 Å². The van der Waals surface area contributed by atoms with Crippen molar-refractivity contribution in [2.24, 2.45) is 0 Å². The molecule has 0 N–H and O–H groups in total. The first kappa shape index (κ1) is 16.9. The van der Waals surface area contributed by atoms with Crippen LogP contribution in [0.25, 0.3) is 10.9 Å². The first-order valence-electron chi connectivity index (χ1n) is 8.16. The van der Waals surface area contributed by atoms with Gasteiger partial charge in [-0.2, -0.15) is 0 Å². The molecule has 0 radical (unpaired) electrons. The quantitative estimate of drug-likeness (QED) is 0.488. The number of para-hydroxylation sites is 1. The van der Waals surface area contributed by atoms with Gasteiger partial charge in [-0.25, -0.2) is 0 Å². The van der Waals surface area contributed by atoms with E-state index >= 15 is 0 Å². The van der Waals surface area contributed by atoms with Gasteiger partial charge in [0.2, 0.25) is 0 Å². The molecule has 0 saturated carbocycles. The molecule has 0 amide bonds. The third-order valence-corrected chi connectivity index (χ3v) is 3.87. The van der Waals surface area contributed by atoms with Crippen molar-refractivity contribution in [3.8, 4) is 11.5 Å². The van der Waals surface area contributed by atoms with Crippen LogP contribution in [-0.4, -0.2) is 24.1 Å². The lowest BCUT2D eigenvalue weighted by Crippen LogP contribution is -2.25. The van der Waals surface area contributed by atoms with Crippen molar-refractivity contribution in [2.45, 2.75) is 13.5 Å². The lowest BCUT2D eigenvalue weighted by molar-refractivity contribution is 0.112. The van der Waals surface area contributed by atoms with Gasteiger partial charge in [-0.1, -0.05) is 18.2 Å². The number of carbonyl (C=O) groups is 1. The maximum atomic E-state index is 12.5. The number of hydrogen-bond donors (Lipinski definition) is 0. The van der Waals surface area contributed by atoms with Gasteiger partial charge in [0.15, 0.2) is 6.29 Å². The fraction of sp³-hybridized carbons (Fsp3) is 0.200. The summed E-state index contributed by atoms with van der Waals surface area (Å²) >= 11 is 0. The van der Waals surface area contributed by atoms with Crippen LogP contribution < -0.4 is 10.3 Å². The second-order valence-electron chi connectivity index (χ2n) is 5.51. The average molecular weight is 337 g/mol. The Balaban J connectivity index is 2.05. The first-order chi connectivity index (χ1) is 12.2. The molecule has 1 aromatic heterocycles. The number of hydrogen-bond acceptors (Lipinski definition) is 4. The maximum absolute atomic E-state index is 12.5. The van der Waals surface area contributed by atoms with Gasteiger partial charge in [0.05, 0.1) is 17.7 Å². The fourth-order valence-electron chi connectivity index (χ4n) is 2.67. The Morgan fingerprint density at radius 2 is 1.84 bits per heavy atom. The third-order valence-electron chi connectivity index (χ3n) is 3.87. The monoisotopic (exact) mass is 337 g/mol.